The number of halogens is 2. The number of nitrogens with zero attached hydrogens (tertiary/aromatic N) is 3. The van der Waals surface area contributed by atoms with Crippen LogP contribution in [0.4, 0.5) is 4.39 Å². The van der Waals surface area contributed by atoms with E-state index in [2.05, 4.69) is 4.57 Å². The fraction of sp³-hybridized carbons (Fsp3) is 0.231. The van der Waals surface area contributed by atoms with Crippen LogP contribution >= 0.6 is 11.6 Å². The van der Waals surface area contributed by atoms with E-state index in [1.165, 1.54) is 6.07 Å². The van der Waals surface area contributed by atoms with Crippen LogP contribution in [-0.4, -0.2) is 33.4 Å². The number of carbonyl (C=O) groups excluding carboxylic acids is 1. The molecule has 0 unspecified atom stereocenters. The van der Waals surface area contributed by atoms with Gasteiger partial charge in [0, 0.05) is 29.7 Å². The van der Waals surface area contributed by atoms with E-state index in [0.29, 0.717) is 24.5 Å². The number of hydrogen-bond donors (Lipinski definition) is 0. The summed E-state index contributed by atoms with van der Waals surface area (Å²) >= 11 is 5.94. The Morgan fingerprint density at radius 1 is 1.00 bits per heavy atom. The van der Waals surface area contributed by atoms with Crippen LogP contribution in [0.15, 0.2) is 72.8 Å². The quantitative estimate of drug-likeness (QED) is 0.390. The van der Waals surface area contributed by atoms with Crippen LogP contribution in [0.3, 0.4) is 0 Å². The molecule has 1 amide bonds. The predicted octanol–water partition coefficient (Wildman–Crippen LogP) is 5.90. The summed E-state index contributed by atoms with van der Waals surface area (Å²) in [4.78, 5) is 19.6. The predicted molar refractivity (Wildman–Crippen MR) is 125 cm³/mol. The van der Waals surface area contributed by atoms with E-state index >= 15 is 0 Å². The molecule has 0 aliphatic carbocycles. The molecule has 0 atom stereocenters. The molecule has 6 heteroatoms. The standard InChI is InChI=1S/C26H23ClFN3O/c27-20-8-6-18(7-9-20)16-25(32)30-14-12-22(13-15-30)31-24-17-21(28)10-11-23(24)29-26(31)19-4-2-1-3-5-19/h1-11,17,22H,12-16H2. The van der Waals surface area contributed by atoms with Crippen LogP contribution in [0.25, 0.3) is 22.4 Å². The molecule has 2 heterocycles. The number of carbonyl (C=O) groups is 1. The molecule has 1 aromatic heterocycles. The molecule has 1 saturated heterocycles. The number of aromatic nitrogens is 2. The van der Waals surface area contributed by atoms with Gasteiger partial charge >= 0.3 is 0 Å². The van der Waals surface area contributed by atoms with Crippen molar-refractivity contribution < 1.29 is 9.18 Å². The van der Waals surface area contributed by atoms with Crippen molar-refractivity contribution >= 4 is 28.5 Å². The van der Waals surface area contributed by atoms with Crippen LogP contribution in [-0.2, 0) is 11.2 Å². The molecular formula is C26H23ClFN3O. The van der Waals surface area contributed by atoms with Gasteiger partial charge in [0.25, 0.3) is 0 Å². The van der Waals surface area contributed by atoms with Gasteiger partial charge in [-0.25, -0.2) is 9.37 Å². The van der Waals surface area contributed by atoms with Crippen LogP contribution in [0.1, 0.15) is 24.4 Å². The second-order valence-electron chi connectivity index (χ2n) is 8.22. The zero-order chi connectivity index (χ0) is 22.1. The van der Waals surface area contributed by atoms with Crippen molar-refractivity contribution in [3.05, 3.63) is 89.2 Å². The highest BCUT2D eigenvalue weighted by atomic mass is 35.5. The van der Waals surface area contributed by atoms with Gasteiger partial charge in [-0.2, -0.15) is 0 Å². The number of piperidine rings is 1. The molecule has 3 aromatic carbocycles. The maximum Gasteiger partial charge on any atom is 0.226 e. The summed E-state index contributed by atoms with van der Waals surface area (Å²) < 4.78 is 16.3. The van der Waals surface area contributed by atoms with Crippen molar-refractivity contribution in [2.45, 2.75) is 25.3 Å². The molecular weight excluding hydrogens is 425 g/mol. The summed E-state index contributed by atoms with van der Waals surface area (Å²) in [6, 6.07) is 22.3. The number of benzene rings is 3. The first kappa shape index (κ1) is 20.7. The highest BCUT2D eigenvalue weighted by Crippen LogP contribution is 2.33. The van der Waals surface area contributed by atoms with E-state index in [-0.39, 0.29) is 17.8 Å². The summed E-state index contributed by atoms with van der Waals surface area (Å²) in [7, 11) is 0. The largest absolute Gasteiger partial charge is 0.342 e. The lowest BCUT2D eigenvalue weighted by atomic mass is 10.0. The Balaban J connectivity index is 1.38. The Hall–Kier alpha value is -3.18. The third-order valence-corrected chi connectivity index (χ3v) is 6.39. The lowest BCUT2D eigenvalue weighted by Crippen LogP contribution is -2.40. The Morgan fingerprint density at radius 3 is 2.44 bits per heavy atom. The number of imidazole rings is 1. The molecule has 0 spiro atoms. The lowest BCUT2D eigenvalue weighted by Gasteiger charge is -2.33. The van der Waals surface area contributed by atoms with E-state index in [0.717, 1.165) is 40.8 Å². The fourth-order valence-electron chi connectivity index (χ4n) is 4.49. The normalized spacial score (nSPS) is 14.8. The van der Waals surface area contributed by atoms with E-state index in [9.17, 15) is 9.18 Å². The second kappa shape index (κ2) is 8.75. The monoisotopic (exact) mass is 447 g/mol. The minimum Gasteiger partial charge on any atom is -0.342 e. The molecule has 1 aliphatic rings. The zero-order valence-corrected chi connectivity index (χ0v) is 18.3. The molecule has 4 nitrogen and oxygen atoms in total. The number of rotatable bonds is 4. The third-order valence-electron chi connectivity index (χ3n) is 6.13. The second-order valence-corrected chi connectivity index (χ2v) is 8.66. The van der Waals surface area contributed by atoms with E-state index < -0.39 is 0 Å². The van der Waals surface area contributed by atoms with Crippen molar-refractivity contribution in [3.8, 4) is 11.4 Å². The number of likely N-dealkylation sites (tertiary alicyclic amines) is 1. The Kier molecular flexibility index (Phi) is 5.66. The zero-order valence-electron chi connectivity index (χ0n) is 17.5. The van der Waals surface area contributed by atoms with Crippen molar-refractivity contribution in [2.24, 2.45) is 0 Å². The molecule has 0 N–H and O–H groups in total. The average molecular weight is 448 g/mol. The van der Waals surface area contributed by atoms with Gasteiger partial charge in [-0.15, -0.1) is 0 Å². The van der Waals surface area contributed by atoms with Gasteiger partial charge in [-0.1, -0.05) is 54.1 Å². The molecule has 1 aliphatic heterocycles. The fourth-order valence-corrected chi connectivity index (χ4v) is 4.61. The van der Waals surface area contributed by atoms with Crippen LogP contribution in [0, 0.1) is 5.82 Å². The van der Waals surface area contributed by atoms with Gasteiger partial charge in [0.2, 0.25) is 5.91 Å². The average Bonchev–Trinajstić information content (AvgIpc) is 3.20. The molecule has 162 valence electrons. The van der Waals surface area contributed by atoms with Crippen molar-refractivity contribution in [3.63, 3.8) is 0 Å². The minimum atomic E-state index is -0.270. The van der Waals surface area contributed by atoms with Crippen molar-refractivity contribution in [1.82, 2.24) is 14.5 Å². The SMILES string of the molecule is O=C(Cc1ccc(Cl)cc1)N1CCC(n2c(-c3ccccc3)nc3ccc(F)cc32)CC1. The van der Waals surface area contributed by atoms with Crippen molar-refractivity contribution in [1.29, 1.82) is 0 Å². The van der Waals surface area contributed by atoms with Gasteiger partial charge in [0.15, 0.2) is 0 Å². The summed E-state index contributed by atoms with van der Waals surface area (Å²) in [5.74, 6) is 0.696. The Labute approximate surface area is 191 Å². The number of hydrogen-bond acceptors (Lipinski definition) is 2. The first-order valence-electron chi connectivity index (χ1n) is 10.8. The number of amides is 1. The molecule has 4 aromatic rings. The molecule has 0 bridgehead atoms. The van der Waals surface area contributed by atoms with E-state index in [4.69, 9.17) is 16.6 Å². The van der Waals surface area contributed by atoms with Gasteiger partial charge in [0.05, 0.1) is 17.5 Å². The summed E-state index contributed by atoms with van der Waals surface area (Å²) in [6.45, 7) is 1.33. The highest BCUT2D eigenvalue weighted by molar-refractivity contribution is 6.30. The lowest BCUT2D eigenvalue weighted by molar-refractivity contribution is -0.131. The van der Waals surface area contributed by atoms with E-state index in [1.54, 1.807) is 12.1 Å². The highest BCUT2D eigenvalue weighted by Gasteiger charge is 2.27. The van der Waals surface area contributed by atoms with Gasteiger partial charge in [-0.3, -0.25) is 4.79 Å². The summed E-state index contributed by atoms with van der Waals surface area (Å²) in [5, 5.41) is 0.667. The Morgan fingerprint density at radius 2 is 1.72 bits per heavy atom. The molecule has 5 rings (SSSR count). The molecule has 1 fully saturated rings. The maximum atomic E-state index is 14.1. The molecule has 0 radical (unpaired) electrons. The summed E-state index contributed by atoms with van der Waals surface area (Å²) in [5.41, 5.74) is 3.55. The first-order valence-corrected chi connectivity index (χ1v) is 11.2. The van der Waals surface area contributed by atoms with E-state index in [1.807, 2.05) is 59.5 Å². The van der Waals surface area contributed by atoms with Crippen LogP contribution in [0.2, 0.25) is 5.02 Å². The first-order chi connectivity index (χ1) is 15.6. The Bertz CT molecular complexity index is 1250. The smallest absolute Gasteiger partial charge is 0.226 e. The van der Waals surface area contributed by atoms with Crippen LogP contribution in [0.5, 0.6) is 0 Å². The molecule has 32 heavy (non-hydrogen) atoms. The maximum absolute atomic E-state index is 14.1. The van der Waals surface area contributed by atoms with Gasteiger partial charge in [0.1, 0.15) is 11.6 Å². The van der Waals surface area contributed by atoms with Crippen molar-refractivity contribution in [2.75, 3.05) is 13.1 Å². The van der Waals surface area contributed by atoms with Gasteiger partial charge < -0.3 is 9.47 Å². The van der Waals surface area contributed by atoms with Gasteiger partial charge in [-0.05, 0) is 48.7 Å². The third kappa shape index (κ3) is 4.13. The number of fused-ring (bicyclic) bond motifs is 1. The van der Waals surface area contributed by atoms with Crippen LogP contribution < -0.4 is 0 Å². The molecule has 0 saturated carbocycles. The topological polar surface area (TPSA) is 38.1 Å². The minimum absolute atomic E-state index is 0.121. The summed E-state index contributed by atoms with van der Waals surface area (Å²) in [6.07, 6.45) is 1.97.